The first kappa shape index (κ1) is 19.8. The lowest BCUT2D eigenvalue weighted by Crippen LogP contribution is -2.30. The number of carbonyl (C=O) groups excluding carboxylic acids is 2. The molecule has 0 aliphatic heterocycles. The van der Waals surface area contributed by atoms with Crippen LogP contribution in [0.15, 0.2) is 48.5 Å². The minimum absolute atomic E-state index is 0.0335. The van der Waals surface area contributed by atoms with Gasteiger partial charge in [-0.25, -0.2) is 0 Å². The van der Waals surface area contributed by atoms with Crippen LogP contribution >= 0.6 is 0 Å². The van der Waals surface area contributed by atoms with Crippen LogP contribution in [0.5, 0.6) is 0 Å². The molecule has 0 atom stereocenters. The van der Waals surface area contributed by atoms with Gasteiger partial charge in [-0.1, -0.05) is 42.5 Å². The number of amides is 1. The van der Waals surface area contributed by atoms with E-state index in [4.69, 9.17) is 4.55 Å². The summed E-state index contributed by atoms with van der Waals surface area (Å²) in [5, 5.41) is 11.8. The molecular formula is C18H19NO6S. The van der Waals surface area contributed by atoms with E-state index in [9.17, 15) is 23.1 Å². The van der Waals surface area contributed by atoms with Crippen LogP contribution in [-0.4, -0.2) is 42.1 Å². The molecule has 0 aliphatic carbocycles. The van der Waals surface area contributed by atoms with Gasteiger partial charge in [0.25, 0.3) is 10.1 Å². The third kappa shape index (κ3) is 5.76. The molecule has 0 fully saturated rings. The van der Waals surface area contributed by atoms with Gasteiger partial charge >= 0.3 is 0 Å². The molecular weight excluding hydrogens is 358 g/mol. The van der Waals surface area contributed by atoms with Crippen molar-refractivity contribution in [2.24, 2.45) is 0 Å². The number of hydrogen-bond donors (Lipinski definition) is 3. The Kier molecular flexibility index (Phi) is 6.62. The number of hydrogen-bond acceptors (Lipinski definition) is 5. The van der Waals surface area contributed by atoms with Crippen molar-refractivity contribution in [1.82, 2.24) is 5.32 Å². The fraction of sp³-hybridized carbons (Fsp3) is 0.222. The Morgan fingerprint density at radius 1 is 1.04 bits per heavy atom. The van der Waals surface area contributed by atoms with E-state index < -0.39 is 21.8 Å². The number of nitrogens with one attached hydrogen (secondary N) is 1. The van der Waals surface area contributed by atoms with Crippen molar-refractivity contribution in [3.8, 4) is 0 Å². The number of carbonyl (C=O) groups is 2. The van der Waals surface area contributed by atoms with Gasteiger partial charge in [-0.15, -0.1) is 0 Å². The monoisotopic (exact) mass is 377 g/mol. The Bertz CT molecular complexity index is 907. The van der Waals surface area contributed by atoms with Crippen LogP contribution in [0.1, 0.15) is 27.0 Å². The predicted molar refractivity (Wildman–Crippen MR) is 95.4 cm³/mol. The molecule has 0 spiro atoms. The Hall–Kier alpha value is -2.55. The summed E-state index contributed by atoms with van der Waals surface area (Å²) in [5.74, 6) is -1.24. The summed E-state index contributed by atoms with van der Waals surface area (Å²) in [6, 6.07) is 13.3. The summed E-state index contributed by atoms with van der Waals surface area (Å²) < 4.78 is 29.9. The number of aliphatic hydroxyl groups is 1. The highest BCUT2D eigenvalue weighted by atomic mass is 32.2. The standard InChI is InChI=1S/C18H19NO6S/c20-12-15-5-1-2-7-16(15)18(22)14-6-3-4-13(10-14)11-17(21)19-8-9-26(23,24)25/h1-7,10,20H,8-9,11-12H2,(H,19,21)(H,23,24,25). The molecule has 0 aliphatic rings. The van der Waals surface area contributed by atoms with Crippen molar-refractivity contribution < 1.29 is 27.7 Å². The van der Waals surface area contributed by atoms with E-state index in [1.807, 2.05) is 0 Å². The van der Waals surface area contributed by atoms with E-state index in [0.717, 1.165) is 0 Å². The van der Waals surface area contributed by atoms with Gasteiger partial charge in [0.1, 0.15) is 0 Å². The molecule has 0 unspecified atom stereocenters. The molecule has 2 aromatic rings. The van der Waals surface area contributed by atoms with E-state index >= 15 is 0 Å². The van der Waals surface area contributed by atoms with E-state index in [-0.39, 0.29) is 25.4 Å². The maximum atomic E-state index is 12.6. The quantitative estimate of drug-likeness (QED) is 0.465. The number of aliphatic hydroxyl groups excluding tert-OH is 1. The first-order chi connectivity index (χ1) is 12.3. The highest BCUT2D eigenvalue weighted by molar-refractivity contribution is 7.85. The Balaban J connectivity index is 2.08. The van der Waals surface area contributed by atoms with E-state index in [2.05, 4.69) is 5.32 Å². The van der Waals surface area contributed by atoms with Crippen LogP contribution in [0.4, 0.5) is 0 Å². The van der Waals surface area contributed by atoms with E-state index in [1.54, 1.807) is 48.5 Å². The Morgan fingerprint density at radius 3 is 2.46 bits per heavy atom. The summed E-state index contributed by atoms with van der Waals surface area (Å²) in [7, 11) is -4.13. The second kappa shape index (κ2) is 8.70. The molecule has 7 nitrogen and oxygen atoms in total. The lowest BCUT2D eigenvalue weighted by atomic mass is 9.97. The van der Waals surface area contributed by atoms with Crippen molar-refractivity contribution in [1.29, 1.82) is 0 Å². The highest BCUT2D eigenvalue weighted by Crippen LogP contribution is 2.16. The molecule has 26 heavy (non-hydrogen) atoms. The average molecular weight is 377 g/mol. The van der Waals surface area contributed by atoms with Gasteiger partial charge in [0.2, 0.25) is 5.91 Å². The van der Waals surface area contributed by atoms with E-state index in [0.29, 0.717) is 22.3 Å². The molecule has 2 aromatic carbocycles. The van der Waals surface area contributed by atoms with Crippen molar-refractivity contribution in [2.45, 2.75) is 13.0 Å². The van der Waals surface area contributed by atoms with Crippen LogP contribution < -0.4 is 5.32 Å². The summed E-state index contributed by atoms with van der Waals surface area (Å²) in [4.78, 5) is 24.5. The largest absolute Gasteiger partial charge is 0.392 e. The SMILES string of the molecule is O=C(Cc1cccc(C(=O)c2ccccc2CO)c1)NCCS(=O)(=O)O. The number of ketones is 1. The zero-order valence-corrected chi connectivity index (χ0v) is 14.7. The minimum atomic E-state index is -4.13. The lowest BCUT2D eigenvalue weighted by molar-refractivity contribution is -0.120. The van der Waals surface area contributed by atoms with Gasteiger partial charge < -0.3 is 10.4 Å². The third-order valence-electron chi connectivity index (χ3n) is 3.67. The van der Waals surface area contributed by atoms with Gasteiger partial charge in [0.15, 0.2) is 5.78 Å². The topological polar surface area (TPSA) is 121 Å². The number of rotatable bonds is 8. The first-order valence-corrected chi connectivity index (χ1v) is 9.45. The van der Waals surface area contributed by atoms with Gasteiger partial charge in [-0.2, -0.15) is 8.42 Å². The Labute approximate surface area is 151 Å². The maximum absolute atomic E-state index is 12.6. The molecule has 1 amide bonds. The molecule has 0 saturated heterocycles. The van der Waals surface area contributed by atoms with E-state index in [1.165, 1.54) is 0 Å². The molecule has 0 heterocycles. The molecule has 2 rings (SSSR count). The molecule has 8 heteroatoms. The molecule has 3 N–H and O–H groups in total. The normalized spacial score (nSPS) is 11.2. The smallest absolute Gasteiger partial charge is 0.266 e. The summed E-state index contributed by atoms with van der Waals surface area (Å²) >= 11 is 0. The summed E-state index contributed by atoms with van der Waals surface area (Å²) in [6.45, 7) is -0.446. The third-order valence-corrected chi connectivity index (χ3v) is 4.39. The zero-order valence-electron chi connectivity index (χ0n) is 13.9. The van der Waals surface area contributed by atoms with Crippen LogP contribution in [0, 0.1) is 0 Å². The predicted octanol–water partition coefficient (Wildman–Crippen LogP) is 0.956. The van der Waals surface area contributed by atoms with Gasteiger partial charge in [-0.05, 0) is 17.2 Å². The Morgan fingerprint density at radius 2 is 1.77 bits per heavy atom. The van der Waals surface area contributed by atoms with Crippen LogP contribution in [0.25, 0.3) is 0 Å². The van der Waals surface area contributed by atoms with Gasteiger partial charge in [0, 0.05) is 17.7 Å². The second-order valence-corrected chi connectivity index (χ2v) is 7.23. The summed E-state index contributed by atoms with van der Waals surface area (Å²) in [5.41, 5.74) is 1.88. The fourth-order valence-corrected chi connectivity index (χ4v) is 2.79. The lowest BCUT2D eigenvalue weighted by Gasteiger charge is -2.08. The van der Waals surface area contributed by atoms with Crippen molar-refractivity contribution in [3.63, 3.8) is 0 Å². The van der Waals surface area contributed by atoms with Crippen LogP contribution in [0.3, 0.4) is 0 Å². The molecule has 0 radical (unpaired) electrons. The van der Waals surface area contributed by atoms with Crippen molar-refractivity contribution in [3.05, 3.63) is 70.8 Å². The highest BCUT2D eigenvalue weighted by Gasteiger charge is 2.14. The van der Waals surface area contributed by atoms with Crippen molar-refractivity contribution in [2.75, 3.05) is 12.3 Å². The maximum Gasteiger partial charge on any atom is 0.266 e. The van der Waals surface area contributed by atoms with Crippen molar-refractivity contribution >= 4 is 21.8 Å². The average Bonchev–Trinajstić information content (AvgIpc) is 2.60. The fourth-order valence-electron chi connectivity index (χ4n) is 2.43. The number of benzene rings is 2. The minimum Gasteiger partial charge on any atom is -0.392 e. The second-order valence-electron chi connectivity index (χ2n) is 5.66. The van der Waals surface area contributed by atoms with Crippen LogP contribution in [-0.2, 0) is 27.9 Å². The molecule has 0 bridgehead atoms. The zero-order chi connectivity index (χ0) is 19.2. The molecule has 0 aromatic heterocycles. The van der Waals surface area contributed by atoms with Gasteiger partial charge in [0.05, 0.1) is 18.8 Å². The van der Waals surface area contributed by atoms with Crippen LogP contribution in [0.2, 0.25) is 0 Å². The van der Waals surface area contributed by atoms with Gasteiger partial charge in [-0.3, -0.25) is 14.1 Å². The first-order valence-electron chi connectivity index (χ1n) is 7.84. The summed E-state index contributed by atoms with van der Waals surface area (Å²) in [6.07, 6.45) is -0.0335. The molecule has 138 valence electrons. The molecule has 0 saturated carbocycles.